The van der Waals surface area contributed by atoms with Crippen LogP contribution >= 0.6 is 0 Å². The van der Waals surface area contributed by atoms with Crippen molar-refractivity contribution in [1.29, 1.82) is 0 Å². The smallest absolute Gasteiger partial charge is 0.257 e. The minimum atomic E-state index is -0.593. The lowest BCUT2D eigenvalue weighted by molar-refractivity contribution is -0.119. The second-order valence-electron chi connectivity index (χ2n) is 6.18. The van der Waals surface area contributed by atoms with Crippen molar-refractivity contribution in [2.24, 2.45) is 5.73 Å². The lowest BCUT2D eigenvalue weighted by atomic mass is 10.0. The van der Waals surface area contributed by atoms with Gasteiger partial charge in [0.05, 0.1) is 12.7 Å². The van der Waals surface area contributed by atoms with E-state index in [2.05, 4.69) is 0 Å². The van der Waals surface area contributed by atoms with E-state index in [0.29, 0.717) is 17.9 Å². The molecule has 0 aliphatic carbocycles. The number of nitrogens with zero attached hydrogens (tertiary/aromatic N) is 1. The van der Waals surface area contributed by atoms with Crippen molar-refractivity contribution in [2.75, 3.05) is 20.8 Å². The standard InChI is InChI=1S/C20H24N2O4/c1-13-9-15(10-14(2)19(13)25-4)11-22(3)20(24)16-7-5-6-8-17(16)26-12-18(21)23/h5-10H,11-12H2,1-4H3,(H2,21,23). The summed E-state index contributed by atoms with van der Waals surface area (Å²) in [4.78, 5) is 25.4. The minimum Gasteiger partial charge on any atom is -0.496 e. The molecule has 2 amide bonds. The molecule has 0 aliphatic rings. The van der Waals surface area contributed by atoms with Gasteiger partial charge < -0.3 is 20.1 Å². The Labute approximate surface area is 153 Å². The Hall–Kier alpha value is -3.02. The van der Waals surface area contributed by atoms with Crippen molar-refractivity contribution in [3.63, 3.8) is 0 Å². The molecule has 0 atom stereocenters. The fourth-order valence-corrected chi connectivity index (χ4v) is 2.92. The predicted molar refractivity (Wildman–Crippen MR) is 99.4 cm³/mol. The van der Waals surface area contributed by atoms with Gasteiger partial charge in [-0.2, -0.15) is 0 Å². The third-order valence-electron chi connectivity index (χ3n) is 3.98. The van der Waals surface area contributed by atoms with E-state index in [0.717, 1.165) is 22.4 Å². The van der Waals surface area contributed by atoms with Crippen molar-refractivity contribution in [1.82, 2.24) is 4.90 Å². The highest BCUT2D eigenvalue weighted by atomic mass is 16.5. The number of para-hydroxylation sites is 1. The molecule has 0 spiro atoms. The first-order chi connectivity index (χ1) is 12.3. The van der Waals surface area contributed by atoms with E-state index >= 15 is 0 Å². The van der Waals surface area contributed by atoms with Gasteiger partial charge in [0.25, 0.3) is 11.8 Å². The molecule has 138 valence electrons. The first kappa shape index (κ1) is 19.3. The number of rotatable bonds is 7. The molecule has 0 unspecified atom stereocenters. The highest BCUT2D eigenvalue weighted by molar-refractivity contribution is 5.96. The molecule has 2 rings (SSSR count). The second kappa shape index (κ2) is 8.38. The summed E-state index contributed by atoms with van der Waals surface area (Å²) in [5.74, 6) is 0.402. The van der Waals surface area contributed by atoms with Crippen LogP contribution in [-0.4, -0.2) is 37.5 Å². The number of primary amides is 1. The van der Waals surface area contributed by atoms with Crippen LogP contribution in [0.1, 0.15) is 27.0 Å². The van der Waals surface area contributed by atoms with Crippen LogP contribution in [0.4, 0.5) is 0 Å². The Morgan fingerprint density at radius 1 is 1.12 bits per heavy atom. The summed E-state index contributed by atoms with van der Waals surface area (Å²) >= 11 is 0. The Morgan fingerprint density at radius 2 is 1.73 bits per heavy atom. The molecule has 2 N–H and O–H groups in total. The van der Waals surface area contributed by atoms with Crippen molar-refractivity contribution >= 4 is 11.8 Å². The number of nitrogens with two attached hydrogens (primary N) is 1. The number of methoxy groups -OCH3 is 1. The topological polar surface area (TPSA) is 81.9 Å². The molecular weight excluding hydrogens is 332 g/mol. The predicted octanol–water partition coefficient (Wildman–Crippen LogP) is 2.45. The third kappa shape index (κ3) is 4.53. The van der Waals surface area contributed by atoms with Crippen LogP contribution in [0.5, 0.6) is 11.5 Å². The molecule has 2 aromatic carbocycles. The Bertz CT molecular complexity index is 794. The highest BCUT2D eigenvalue weighted by Gasteiger charge is 2.18. The monoisotopic (exact) mass is 356 g/mol. The first-order valence-corrected chi connectivity index (χ1v) is 8.23. The summed E-state index contributed by atoms with van der Waals surface area (Å²) in [6.45, 7) is 4.12. The van der Waals surface area contributed by atoms with Crippen molar-refractivity contribution in [3.05, 3.63) is 58.7 Å². The molecule has 0 fully saturated rings. The average Bonchev–Trinajstić information content (AvgIpc) is 2.59. The highest BCUT2D eigenvalue weighted by Crippen LogP contribution is 2.26. The van der Waals surface area contributed by atoms with Crippen LogP contribution in [0.2, 0.25) is 0 Å². The van der Waals surface area contributed by atoms with Crippen LogP contribution in [0, 0.1) is 13.8 Å². The third-order valence-corrected chi connectivity index (χ3v) is 3.98. The number of carbonyl (C=O) groups excluding carboxylic acids is 2. The normalized spacial score (nSPS) is 10.3. The van der Waals surface area contributed by atoms with Gasteiger partial charge in [0.1, 0.15) is 11.5 Å². The van der Waals surface area contributed by atoms with Crippen LogP contribution < -0.4 is 15.2 Å². The summed E-state index contributed by atoms with van der Waals surface area (Å²) in [6, 6.07) is 10.8. The summed E-state index contributed by atoms with van der Waals surface area (Å²) in [5.41, 5.74) is 8.55. The minimum absolute atomic E-state index is 0.198. The molecule has 26 heavy (non-hydrogen) atoms. The SMILES string of the molecule is COc1c(C)cc(CN(C)C(=O)c2ccccc2OCC(N)=O)cc1C. The fourth-order valence-electron chi connectivity index (χ4n) is 2.92. The molecule has 0 heterocycles. The Balaban J connectivity index is 2.19. The van der Waals surface area contributed by atoms with Crippen LogP contribution in [0.15, 0.2) is 36.4 Å². The van der Waals surface area contributed by atoms with Gasteiger partial charge in [0.15, 0.2) is 6.61 Å². The maximum Gasteiger partial charge on any atom is 0.257 e. The van der Waals surface area contributed by atoms with Crippen LogP contribution in [-0.2, 0) is 11.3 Å². The molecule has 0 aliphatic heterocycles. The fraction of sp³-hybridized carbons (Fsp3) is 0.300. The summed E-state index contributed by atoms with van der Waals surface area (Å²) in [6.07, 6.45) is 0. The molecular formula is C20H24N2O4. The first-order valence-electron chi connectivity index (χ1n) is 8.23. The molecule has 0 radical (unpaired) electrons. The van der Waals surface area contributed by atoms with Gasteiger partial charge in [-0.15, -0.1) is 0 Å². The number of amides is 2. The van der Waals surface area contributed by atoms with Crippen molar-refractivity contribution < 1.29 is 19.1 Å². The maximum atomic E-state index is 12.8. The van der Waals surface area contributed by atoms with Gasteiger partial charge in [-0.3, -0.25) is 9.59 Å². The largest absolute Gasteiger partial charge is 0.496 e. The van der Waals surface area contributed by atoms with Gasteiger partial charge in [-0.25, -0.2) is 0 Å². The van der Waals surface area contributed by atoms with Gasteiger partial charge >= 0.3 is 0 Å². The van der Waals surface area contributed by atoms with E-state index in [4.69, 9.17) is 15.2 Å². The number of carbonyl (C=O) groups is 2. The van der Waals surface area contributed by atoms with E-state index < -0.39 is 5.91 Å². The van der Waals surface area contributed by atoms with Crippen LogP contribution in [0.3, 0.4) is 0 Å². The molecule has 2 aromatic rings. The number of hydrogen-bond donors (Lipinski definition) is 1. The molecule has 0 aromatic heterocycles. The summed E-state index contributed by atoms with van der Waals surface area (Å²) in [5, 5.41) is 0. The van der Waals surface area contributed by atoms with Crippen molar-refractivity contribution in [2.45, 2.75) is 20.4 Å². The lowest BCUT2D eigenvalue weighted by Crippen LogP contribution is -2.27. The van der Waals surface area contributed by atoms with Gasteiger partial charge in [0.2, 0.25) is 0 Å². The second-order valence-corrected chi connectivity index (χ2v) is 6.18. The number of aryl methyl sites for hydroxylation is 2. The zero-order valence-corrected chi connectivity index (χ0v) is 15.5. The molecule has 6 heteroatoms. The summed E-state index contributed by atoms with van der Waals surface area (Å²) in [7, 11) is 3.37. The molecule has 6 nitrogen and oxygen atoms in total. The van der Waals surface area contributed by atoms with Gasteiger partial charge in [-0.1, -0.05) is 24.3 Å². The van der Waals surface area contributed by atoms with E-state index in [1.54, 1.807) is 43.3 Å². The van der Waals surface area contributed by atoms with Gasteiger partial charge in [-0.05, 0) is 42.7 Å². The number of hydrogen-bond acceptors (Lipinski definition) is 4. The zero-order valence-electron chi connectivity index (χ0n) is 15.5. The summed E-state index contributed by atoms with van der Waals surface area (Å²) < 4.78 is 10.7. The number of ether oxygens (including phenoxy) is 2. The van der Waals surface area contributed by atoms with Crippen LogP contribution in [0.25, 0.3) is 0 Å². The van der Waals surface area contributed by atoms with Gasteiger partial charge in [0, 0.05) is 13.6 Å². The lowest BCUT2D eigenvalue weighted by Gasteiger charge is -2.20. The average molecular weight is 356 g/mol. The molecule has 0 bridgehead atoms. The maximum absolute atomic E-state index is 12.8. The van der Waals surface area contributed by atoms with E-state index in [1.165, 1.54) is 0 Å². The molecule has 0 saturated carbocycles. The number of benzene rings is 2. The zero-order chi connectivity index (χ0) is 19.3. The Morgan fingerprint density at radius 3 is 2.31 bits per heavy atom. The van der Waals surface area contributed by atoms with E-state index in [-0.39, 0.29) is 12.5 Å². The Kier molecular flexibility index (Phi) is 6.22. The quantitative estimate of drug-likeness (QED) is 0.826. The molecule has 0 saturated heterocycles. The van der Waals surface area contributed by atoms with Crippen molar-refractivity contribution in [3.8, 4) is 11.5 Å². The van der Waals surface area contributed by atoms with E-state index in [9.17, 15) is 9.59 Å². The van der Waals surface area contributed by atoms with E-state index in [1.807, 2.05) is 26.0 Å².